The largest absolute Gasteiger partial charge is 0.494 e. The van der Waals surface area contributed by atoms with Crippen LogP contribution >= 0.6 is 11.3 Å². The van der Waals surface area contributed by atoms with E-state index >= 15 is 0 Å². The molecule has 0 fully saturated rings. The number of amides is 1. The molecule has 0 N–H and O–H groups in total. The molecule has 2 heterocycles. The van der Waals surface area contributed by atoms with Gasteiger partial charge in [-0.2, -0.15) is 0 Å². The first-order valence-corrected chi connectivity index (χ1v) is 12.5. The Labute approximate surface area is 213 Å². The van der Waals surface area contributed by atoms with Gasteiger partial charge in [-0.05, 0) is 55.3 Å². The Morgan fingerprint density at radius 2 is 1.89 bits per heavy atom. The first-order chi connectivity index (χ1) is 17.6. The lowest BCUT2D eigenvalue weighted by Gasteiger charge is -2.20. The number of para-hydroxylation sites is 1. The molecule has 2 aromatic heterocycles. The maximum atomic E-state index is 13.8. The molecular formula is C28H26N4O3S. The zero-order valence-corrected chi connectivity index (χ0v) is 20.9. The molecule has 1 amide bonds. The van der Waals surface area contributed by atoms with E-state index in [0.717, 1.165) is 28.7 Å². The predicted octanol–water partition coefficient (Wildman–Crippen LogP) is 6.34. The Morgan fingerprint density at radius 1 is 1.06 bits per heavy atom. The van der Waals surface area contributed by atoms with Crippen LogP contribution in [-0.2, 0) is 6.54 Å². The molecule has 0 atom stereocenters. The van der Waals surface area contributed by atoms with Crippen molar-refractivity contribution >= 4 is 32.6 Å². The minimum Gasteiger partial charge on any atom is -0.494 e. The van der Waals surface area contributed by atoms with Gasteiger partial charge in [0.25, 0.3) is 5.91 Å². The van der Waals surface area contributed by atoms with Crippen LogP contribution in [0.2, 0.25) is 0 Å². The van der Waals surface area contributed by atoms with E-state index in [-0.39, 0.29) is 5.91 Å². The fraction of sp³-hybridized carbons (Fsp3) is 0.179. The number of ether oxygens (including phenoxy) is 2. The van der Waals surface area contributed by atoms with Crippen molar-refractivity contribution in [3.8, 4) is 17.2 Å². The van der Waals surface area contributed by atoms with Crippen molar-refractivity contribution < 1.29 is 14.3 Å². The Kier molecular flexibility index (Phi) is 6.95. The highest BCUT2D eigenvalue weighted by Gasteiger charge is 2.23. The van der Waals surface area contributed by atoms with E-state index in [1.165, 1.54) is 11.3 Å². The molecule has 0 aliphatic heterocycles. The highest BCUT2D eigenvalue weighted by Crippen LogP contribution is 2.37. The minimum atomic E-state index is -0.130. The monoisotopic (exact) mass is 498 g/mol. The van der Waals surface area contributed by atoms with Crippen molar-refractivity contribution in [1.29, 1.82) is 0 Å². The lowest BCUT2D eigenvalue weighted by molar-refractivity contribution is 0.0986. The van der Waals surface area contributed by atoms with Gasteiger partial charge in [0.15, 0.2) is 5.13 Å². The van der Waals surface area contributed by atoms with Crippen LogP contribution in [0.25, 0.3) is 10.2 Å². The van der Waals surface area contributed by atoms with Crippen molar-refractivity contribution in [2.45, 2.75) is 19.9 Å². The molecule has 0 radical (unpaired) electrons. The smallest absolute Gasteiger partial charge is 0.260 e. The first-order valence-electron chi connectivity index (χ1n) is 11.7. The molecule has 0 unspecified atom stereocenters. The van der Waals surface area contributed by atoms with Crippen molar-refractivity contribution in [3.05, 3.63) is 96.6 Å². The van der Waals surface area contributed by atoms with Crippen LogP contribution in [0.5, 0.6) is 17.2 Å². The average molecular weight is 499 g/mol. The molecule has 0 saturated carbocycles. The van der Waals surface area contributed by atoms with Gasteiger partial charge in [0.2, 0.25) is 0 Å². The second-order valence-corrected chi connectivity index (χ2v) is 9.29. The first kappa shape index (κ1) is 23.6. The number of aryl methyl sites for hydroxylation is 2. The Balaban J connectivity index is 1.46. The van der Waals surface area contributed by atoms with Crippen LogP contribution in [0.3, 0.4) is 0 Å². The van der Waals surface area contributed by atoms with Gasteiger partial charge in [0.05, 0.1) is 18.1 Å². The number of fused-ring (bicyclic) bond motifs is 1. The summed E-state index contributed by atoms with van der Waals surface area (Å²) in [4.78, 5) is 24.5. The zero-order valence-electron chi connectivity index (χ0n) is 20.1. The fourth-order valence-corrected chi connectivity index (χ4v) is 5.04. The van der Waals surface area contributed by atoms with Crippen molar-refractivity contribution in [3.63, 3.8) is 0 Å². The summed E-state index contributed by atoms with van der Waals surface area (Å²) in [6, 6.07) is 20.7. The maximum absolute atomic E-state index is 13.8. The van der Waals surface area contributed by atoms with Crippen LogP contribution in [0, 0.1) is 6.92 Å². The number of carbonyl (C=O) groups excluding carboxylic acids is 1. The molecule has 36 heavy (non-hydrogen) atoms. The van der Waals surface area contributed by atoms with Crippen molar-refractivity contribution in [2.75, 3.05) is 18.6 Å². The summed E-state index contributed by atoms with van der Waals surface area (Å²) in [7, 11) is 1.63. The van der Waals surface area contributed by atoms with Crippen molar-refractivity contribution in [2.24, 2.45) is 0 Å². The van der Waals surface area contributed by atoms with E-state index < -0.39 is 0 Å². The molecule has 0 spiro atoms. The Morgan fingerprint density at radius 3 is 2.67 bits per heavy atom. The molecule has 8 heteroatoms. The van der Waals surface area contributed by atoms with Crippen LogP contribution in [0.1, 0.15) is 22.3 Å². The van der Waals surface area contributed by atoms with Crippen LogP contribution in [0.15, 0.2) is 85.5 Å². The molecule has 5 rings (SSSR count). The molecule has 3 aromatic carbocycles. The average Bonchev–Trinajstić information content (AvgIpc) is 3.58. The quantitative estimate of drug-likeness (QED) is 0.237. The molecule has 182 valence electrons. The van der Waals surface area contributed by atoms with Gasteiger partial charge < -0.3 is 14.0 Å². The predicted molar refractivity (Wildman–Crippen MR) is 142 cm³/mol. The molecule has 0 aliphatic carbocycles. The summed E-state index contributed by atoms with van der Waals surface area (Å²) in [5.74, 6) is 1.89. The normalized spacial score (nSPS) is 10.9. The molecule has 0 aliphatic rings. The number of nitrogens with zero attached hydrogens (tertiary/aromatic N) is 4. The lowest BCUT2D eigenvalue weighted by Crippen LogP contribution is -2.32. The molecule has 5 aromatic rings. The third-order valence-corrected chi connectivity index (χ3v) is 7.02. The number of anilines is 1. The van der Waals surface area contributed by atoms with Gasteiger partial charge in [-0.15, -0.1) is 0 Å². The van der Waals surface area contributed by atoms with Gasteiger partial charge >= 0.3 is 0 Å². The van der Waals surface area contributed by atoms with Crippen LogP contribution in [-0.4, -0.2) is 34.1 Å². The molecule has 0 saturated heterocycles. The van der Waals surface area contributed by atoms with E-state index in [1.807, 2.05) is 78.4 Å². The van der Waals surface area contributed by atoms with Crippen molar-refractivity contribution in [1.82, 2.24) is 14.5 Å². The number of hydrogen-bond donors (Lipinski definition) is 0. The third-order valence-electron chi connectivity index (χ3n) is 5.81. The van der Waals surface area contributed by atoms with E-state index in [1.54, 1.807) is 30.6 Å². The standard InChI is InChI=1S/C28H26N4O3S/c1-20-12-13-24(34-2)25-26(20)36-28(30-25)32(16-7-15-31-17-14-29-19-31)27(33)21-8-6-11-23(18-21)35-22-9-4-3-5-10-22/h3-6,8-14,17-19H,7,15-16H2,1-2H3. The van der Waals surface area contributed by atoms with E-state index in [2.05, 4.69) is 4.98 Å². The fourth-order valence-electron chi connectivity index (χ4n) is 3.97. The van der Waals surface area contributed by atoms with E-state index in [9.17, 15) is 4.79 Å². The third kappa shape index (κ3) is 5.08. The highest BCUT2D eigenvalue weighted by molar-refractivity contribution is 7.22. The molecule has 7 nitrogen and oxygen atoms in total. The highest BCUT2D eigenvalue weighted by atomic mass is 32.1. The molecule has 0 bridgehead atoms. The van der Waals surface area contributed by atoms with Crippen LogP contribution < -0.4 is 14.4 Å². The molecular weight excluding hydrogens is 472 g/mol. The summed E-state index contributed by atoms with van der Waals surface area (Å²) in [6.45, 7) is 3.29. The van der Waals surface area contributed by atoms with Gasteiger partial charge in [0.1, 0.15) is 22.8 Å². The number of aromatic nitrogens is 3. The summed E-state index contributed by atoms with van der Waals surface area (Å²) in [5.41, 5.74) is 2.40. The van der Waals surface area contributed by atoms with E-state index in [0.29, 0.717) is 34.5 Å². The number of benzene rings is 3. The summed E-state index contributed by atoms with van der Waals surface area (Å²) >= 11 is 1.50. The minimum absolute atomic E-state index is 0.130. The number of hydrogen-bond acceptors (Lipinski definition) is 6. The lowest BCUT2D eigenvalue weighted by atomic mass is 10.2. The number of methoxy groups -OCH3 is 1. The van der Waals surface area contributed by atoms with Gasteiger partial charge in [-0.25, -0.2) is 9.97 Å². The maximum Gasteiger partial charge on any atom is 0.260 e. The van der Waals surface area contributed by atoms with E-state index in [4.69, 9.17) is 14.5 Å². The number of carbonyl (C=O) groups is 1. The summed E-state index contributed by atoms with van der Waals surface area (Å²) < 4.78 is 14.5. The van der Waals surface area contributed by atoms with Gasteiger partial charge in [0, 0.05) is 31.0 Å². The Hall–Kier alpha value is -4.17. The summed E-state index contributed by atoms with van der Waals surface area (Å²) in [5, 5.41) is 0.641. The second-order valence-electron chi connectivity index (χ2n) is 8.31. The topological polar surface area (TPSA) is 69.5 Å². The number of thiazole rings is 1. The summed E-state index contributed by atoms with van der Waals surface area (Å²) in [6.07, 6.45) is 6.20. The number of rotatable bonds is 9. The van der Waals surface area contributed by atoms with Gasteiger partial charge in [-0.1, -0.05) is 41.7 Å². The second kappa shape index (κ2) is 10.6. The zero-order chi connectivity index (χ0) is 24.9. The Bertz CT molecular complexity index is 1470. The SMILES string of the molecule is COc1ccc(C)c2sc(N(CCCn3ccnc3)C(=O)c3cccc(Oc4ccccc4)c3)nc12. The van der Waals surface area contributed by atoms with Gasteiger partial charge in [-0.3, -0.25) is 9.69 Å². The van der Waals surface area contributed by atoms with Crippen LogP contribution in [0.4, 0.5) is 5.13 Å². The number of imidazole rings is 1.